The first-order chi connectivity index (χ1) is 14.4. The van der Waals surface area contributed by atoms with Crippen molar-refractivity contribution in [1.29, 1.82) is 0 Å². The summed E-state index contributed by atoms with van der Waals surface area (Å²) in [6, 6.07) is 14.5. The standard InChI is InChI=1S/C23H32N2O5S/c1-17(30-21-13-9-19(10-14-21)25(5)31(6,27)28)22(26)24-15-16-29-20-11-7-18(8-12-20)23(2,3)4/h7-14,17H,15-16H2,1-6H3,(H,24,26)/t17-/m0/s1. The zero-order valence-electron chi connectivity index (χ0n) is 19.0. The zero-order valence-corrected chi connectivity index (χ0v) is 19.8. The molecule has 1 atom stereocenters. The number of nitrogens with one attached hydrogen (secondary N) is 1. The van der Waals surface area contributed by atoms with Crippen LogP contribution in [0, 0.1) is 0 Å². The van der Waals surface area contributed by atoms with Gasteiger partial charge in [-0.1, -0.05) is 32.9 Å². The molecule has 31 heavy (non-hydrogen) atoms. The fourth-order valence-electron chi connectivity index (χ4n) is 2.72. The van der Waals surface area contributed by atoms with E-state index in [1.165, 1.54) is 16.9 Å². The molecule has 0 bridgehead atoms. The normalized spacial score (nSPS) is 12.7. The second-order valence-electron chi connectivity index (χ2n) is 8.40. The Morgan fingerprint density at radius 1 is 1.03 bits per heavy atom. The van der Waals surface area contributed by atoms with Crippen LogP contribution in [0.2, 0.25) is 0 Å². The van der Waals surface area contributed by atoms with E-state index in [0.717, 1.165) is 12.0 Å². The van der Waals surface area contributed by atoms with Crippen LogP contribution in [0.4, 0.5) is 5.69 Å². The lowest BCUT2D eigenvalue weighted by molar-refractivity contribution is -0.127. The van der Waals surface area contributed by atoms with Crippen LogP contribution in [0.5, 0.6) is 11.5 Å². The molecule has 8 heteroatoms. The van der Waals surface area contributed by atoms with Crippen LogP contribution in [0.15, 0.2) is 48.5 Å². The Kier molecular flexibility index (Phi) is 7.95. The van der Waals surface area contributed by atoms with Gasteiger partial charge < -0.3 is 14.8 Å². The van der Waals surface area contributed by atoms with Crippen LogP contribution in [0.25, 0.3) is 0 Å². The highest BCUT2D eigenvalue weighted by molar-refractivity contribution is 7.92. The third-order valence-electron chi connectivity index (χ3n) is 4.77. The van der Waals surface area contributed by atoms with Gasteiger partial charge >= 0.3 is 0 Å². The summed E-state index contributed by atoms with van der Waals surface area (Å²) in [5.41, 5.74) is 1.84. The molecule has 0 aliphatic rings. The Labute approximate surface area is 185 Å². The molecule has 0 heterocycles. The van der Waals surface area contributed by atoms with Gasteiger partial charge in [-0.3, -0.25) is 9.10 Å². The number of carbonyl (C=O) groups excluding carboxylic acids is 1. The molecule has 0 aromatic heterocycles. The van der Waals surface area contributed by atoms with Crippen LogP contribution in [-0.4, -0.2) is 46.9 Å². The first-order valence-electron chi connectivity index (χ1n) is 10.1. The van der Waals surface area contributed by atoms with Crippen molar-refractivity contribution in [2.75, 3.05) is 30.8 Å². The number of sulfonamides is 1. The van der Waals surface area contributed by atoms with E-state index in [4.69, 9.17) is 9.47 Å². The van der Waals surface area contributed by atoms with Crippen LogP contribution in [0.3, 0.4) is 0 Å². The average Bonchev–Trinajstić information content (AvgIpc) is 2.70. The molecule has 0 spiro atoms. The van der Waals surface area contributed by atoms with Crippen molar-refractivity contribution in [3.05, 3.63) is 54.1 Å². The summed E-state index contributed by atoms with van der Waals surface area (Å²) in [6.07, 6.45) is 0.429. The van der Waals surface area contributed by atoms with Crippen LogP contribution >= 0.6 is 0 Å². The summed E-state index contributed by atoms with van der Waals surface area (Å²) in [7, 11) is -1.86. The highest BCUT2D eigenvalue weighted by Crippen LogP contribution is 2.24. The van der Waals surface area contributed by atoms with E-state index in [1.807, 2.05) is 24.3 Å². The number of anilines is 1. The van der Waals surface area contributed by atoms with E-state index in [0.29, 0.717) is 24.6 Å². The van der Waals surface area contributed by atoms with Gasteiger partial charge in [0.25, 0.3) is 5.91 Å². The minimum absolute atomic E-state index is 0.0899. The molecule has 0 saturated heterocycles. The average molecular weight is 449 g/mol. The lowest BCUT2D eigenvalue weighted by Gasteiger charge is -2.19. The Hall–Kier alpha value is -2.74. The maximum atomic E-state index is 12.2. The highest BCUT2D eigenvalue weighted by atomic mass is 32.2. The number of hydrogen-bond acceptors (Lipinski definition) is 5. The Balaban J connectivity index is 1.77. The summed E-state index contributed by atoms with van der Waals surface area (Å²) in [5, 5.41) is 2.78. The zero-order chi connectivity index (χ0) is 23.2. The molecule has 170 valence electrons. The molecule has 2 aromatic rings. The van der Waals surface area contributed by atoms with Crippen molar-refractivity contribution >= 4 is 21.6 Å². The van der Waals surface area contributed by atoms with Crippen LogP contribution < -0.4 is 19.1 Å². The summed E-state index contributed by atoms with van der Waals surface area (Å²) in [5.74, 6) is 0.971. The minimum atomic E-state index is -3.33. The van der Waals surface area contributed by atoms with E-state index < -0.39 is 16.1 Å². The Morgan fingerprint density at radius 2 is 1.58 bits per heavy atom. The molecule has 0 aliphatic heterocycles. The van der Waals surface area contributed by atoms with Gasteiger partial charge in [-0.25, -0.2) is 8.42 Å². The van der Waals surface area contributed by atoms with E-state index in [1.54, 1.807) is 31.2 Å². The summed E-state index contributed by atoms with van der Waals surface area (Å²) in [4.78, 5) is 12.2. The molecule has 0 unspecified atom stereocenters. The first kappa shape index (κ1) is 24.5. The van der Waals surface area contributed by atoms with Crippen molar-refractivity contribution in [1.82, 2.24) is 5.32 Å². The molecule has 0 fully saturated rings. The third kappa shape index (κ3) is 7.47. The lowest BCUT2D eigenvalue weighted by Crippen LogP contribution is -2.38. The van der Waals surface area contributed by atoms with E-state index >= 15 is 0 Å². The number of ether oxygens (including phenoxy) is 2. The summed E-state index contributed by atoms with van der Waals surface area (Å²) < 4.78 is 35.7. The number of hydrogen-bond donors (Lipinski definition) is 1. The van der Waals surface area contributed by atoms with Gasteiger partial charge in [-0.05, 0) is 54.3 Å². The molecule has 0 saturated carbocycles. The molecular weight excluding hydrogens is 416 g/mol. The molecule has 0 aliphatic carbocycles. The smallest absolute Gasteiger partial charge is 0.260 e. The van der Waals surface area contributed by atoms with Gasteiger partial charge in [0.15, 0.2) is 6.10 Å². The molecule has 2 aromatic carbocycles. The summed E-state index contributed by atoms with van der Waals surface area (Å²) in [6.45, 7) is 8.82. The molecule has 0 radical (unpaired) electrons. The topological polar surface area (TPSA) is 84.9 Å². The van der Waals surface area contributed by atoms with Crippen molar-refractivity contribution in [2.45, 2.75) is 39.2 Å². The second-order valence-corrected chi connectivity index (χ2v) is 10.4. The lowest BCUT2D eigenvalue weighted by atomic mass is 9.87. The van der Waals surface area contributed by atoms with Crippen molar-refractivity contribution in [3.63, 3.8) is 0 Å². The van der Waals surface area contributed by atoms with Gasteiger partial charge in [0.05, 0.1) is 18.5 Å². The quantitative estimate of drug-likeness (QED) is 0.595. The predicted molar refractivity (Wildman–Crippen MR) is 123 cm³/mol. The number of nitrogens with zero attached hydrogens (tertiary/aromatic N) is 1. The summed E-state index contributed by atoms with van der Waals surface area (Å²) >= 11 is 0. The van der Waals surface area contributed by atoms with Crippen molar-refractivity contribution in [3.8, 4) is 11.5 Å². The maximum absolute atomic E-state index is 12.2. The molecule has 1 amide bonds. The second kappa shape index (κ2) is 10.0. The van der Waals surface area contributed by atoms with Gasteiger partial charge in [0.2, 0.25) is 10.0 Å². The highest BCUT2D eigenvalue weighted by Gasteiger charge is 2.16. The first-order valence-corrected chi connectivity index (χ1v) is 11.9. The largest absolute Gasteiger partial charge is 0.492 e. The molecular formula is C23H32N2O5S. The fourth-order valence-corrected chi connectivity index (χ4v) is 3.23. The Morgan fingerprint density at radius 3 is 2.10 bits per heavy atom. The van der Waals surface area contributed by atoms with Gasteiger partial charge in [0, 0.05) is 7.05 Å². The SMILES string of the molecule is C[C@H](Oc1ccc(N(C)S(C)(=O)=O)cc1)C(=O)NCCOc1ccc(C(C)(C)C)cc1. The van der Waals surface area contributed by atoms with Crippen LogP contribution in [0.1, 0.15) is 33.3 Å². The van der Waals surface area contributed by atoms with E-state index in [9.17, 15) is 13.2 Å². The monoisotopic (exact) mass is 448 g/mol. The minimum Gasteiger partial charge on any atom is -0.492 e. The number of amides is 1. The number of rotatable bonds is 9. The molecule has 2 rings (SSSR count). The maximum Gasteiger partial charge on any atom is 0.260 e. The van der Waals surface area contributed by atoms with Gasteiger partial charge in [-0.2, -0.15) is 0 Å². The van der Waals surface area contributed by atoms with Gasteiger partial charge in [-0.15, -0.1) is 0 Å². The van der Waals surface area contributed by atoms with Crippen molar-refractivity contribution in [2.24, 2.45) is 0 Å². The van der Waals surface area contributed by atoms with Gasteiger partial charge in [0.1, 0.15) is 18.1 Å². The Bertz CT molecular complexity index is 965. The third-order valence-corrected chi connectivity index (χ3v) is 5.98. The van der Waals surface area contributed by atoms with Crippen LogP contribution in [-0.2, 0) is 20.2 Å². The molecule has 7 nitrogen and oxygen atoms in total. The molecule has 1 N–H and O–H groups in total. The number of carbonyl (C=O) groups is 1. The number of benzene rings is 2. The fraction of sp³-hybridized carbons (Fsp3) is 0.435. The van der Waals surface area contributed by atoms with E-state index in [2.05, 4.69) is 26.1 Å². The van der Waals surface area contributed by atoms with Crippen molar-refractivity contribution < 1.29 is 22.7 Å². The van der Waals surface area contributed by atoms with E-state index in [-0.39, 0.29) is 11.3 Å². The predicted octanol–water partition coefficient (Wildman–Crippen LogP) is 3.34.